The van der Waals surface area contributed by atoms with Gasteiger partial charge in [0.05, 0.1) is 18.5 Å². The zero-order valence-corrected chi connectivity index (χ0v) is 23.0. The van der Waals surface area contributed by atoms with Gasteiger partial charge in [0.1, 0.15) is 5.75 Å². The molecule has 0 fully saturated rings. The Kier molecular flexibility index (Phi) is 8.89. The molecular weight excluding hydrogens is 522 g/mol. The van der Waals surface area contributed by atoms with Gasteiger partial charge >= 0.3 is 0 Å². The van der Waals surface area contributed by atoms with E-state index in [0.29, 0.717) is 0 Å². The second-order valence-corrected chi connectivity index (χ2v) is 9.08. The minimum atomic E-state index is 0. The number of nitrogens with one attached hydrogen (secondary N) is 1. The minimum Gasteiger partial charge on any atom is -0.497 e. The number of hydrazone groups is 1. The highest BCUT2D eigenvalue weighted by atomic mass is 79.9. The van der Waals surface area contributed by atoms with Crippen LogP contribution in [0.2, 0.25) is 0 Å². The van der Waals surface area contributed by atoms with E-state index < -0.39 is 0 Å². The molecule has 8 heteroatoms. The lowest BCUT2D eigenvalue weighted by atomic mass is 10.0. The summed E-state index contributed by atoms with van der Waals surface area (Å²) in [5.41, 5.74) is 10.3. The number of rotatable bonds is 8. The maximum atomic E-state index is 5.25. The van der Waals surface area contributed by atoms with Crippen molar-refractivity contribution in [3.63, 3.8) is 0 Å². The van der Waals surface area contributed by atoms with E-state index in [0.717, 1.165) is 50.4 Å². The molecule has 0 radical (unpaired) electrons. The Hall–Kier alpha value is -3.36. The van der Waals surface area contributed by atoms with Crippen molar-refractivity contribution in [1.82, 2.24) is 4.98 Å². The van der Waals surface area contributed by atoms with Crippen molar-refractivity contribution >= 4 is 50.5 Å². The maximum Gasteiger partial charge on any atom is 0.203 e. The van der Waals surface area contributed by atoms with Gasteiger partial charge in [-0.05, 0) is 48.5 Å². The van der Waals surface area contributed by atoms with Gasteiger partial charge < -0.3 is 14.5 Å². The number of hydrogen-bond donors (Lipinski definition) is 1. The van der Waals surface area contributed by atoms with Crippen LogP contribution in [0.25, 0.3) is 11.3 Å². The average molecular weight is 553 g/mol. The molecule has 6 nitrogen and oxygen atoms in total. The van der Waals surface area contributed by atoms with Crippen LogP contribution in [0.5, 0.6) is 5.75 Å². The Morgan fingerprint density at radius 2 is 1.31 bits per heavy atom. The number of ether oxygens (including phenoxy) is 1. The van der Waals surface area contributed by atoms with Gasteiger partial charge in [0, 0.05) is 61.6 Å². The summed E-state index contributed by atoms with van der Waals surface area (Å²) in [4.78, 5) is 8.88. The predicted octanol–water partition coefficient (Wildman–Crippen LogP) is 6.39. The van der Waals surface area contributed by atoms with Crippen LogP contribution in [0.1, 0.15) is 11.1 Å². The van der Waals surface area contributed by atoms with Gasteiger partial charge in [0.25, 0.3) is 0 Å². The highest BCUT2D eigenvalue weighted by Crippen LogP contribution is 2.27. The second kappa shape index (κ2) is 11.9. The zero-order chi connectivity index (χ0) is 24.1. The third-order valence-electron chi connectivity index (χ3n) is 5.47. The van der Waals surface area contributed by atoms with Gasteiger partial charge in [-0.1, -0.05) is 24.3 Å². The number of anilines is 3. The highest BCUT2D eigenvalue weighted by molar-refractivity contribution is 8.93. The molecule has 35 heavy (non-hydrogen) atoms. The quantitative estimate of drug-likeness (QED) is 0.203. The van der Waals surface area contributed by atoms with Gasteiger partial charge in [-0.25, -0.2) is 4.98 Å². The highest BCUT2D eigenvalue weighted by Gasteiger charge is 2.10. The molecule has 0 unspecified atom stereocenters. The van der Waals surface area contributed by atoms with Crippen molar-refractivity contribution in [2.75, 3.05) is 50.5 Å². The van der Waals surface area contributed by atoms with Crippen molar-refractivity contribution < 1.29 is 4.74 Å². The Morgan fingerprint density at radius 1 is 0.800 bits per heavy atom. The molecule has 0 aliphatic carbocycles. The molecule has 3 aromatic carbocycles. The predicted molar refractivity (Wildman–Crippen MR) is 155 cm³/mol. The number of benzene rings is 3. The third-order valence-corrected chi connectivity index (χ3v) is 6.21. The molecule has 0 saturated heterocycles. The van der Waals surface area contributed by atoms with E-state index in [1.807, 2.05) is 57.8 Å². The molecule has 1 aromatic heterocycles. The molecule has 0 atom stereocenters. The average Bonchev–Trinajstić information content (AvgIpc) is 3.34. The fourth-order valence-corrected chi connectivity index (χ4v) is 4.12. The maximum absolute atomic E-state index is 5.25. The molecule has 0 amide bonds. The van der Waals surface area contributed by atoms with Crippen LogP contribution in [0.15, 0.2) is 83.3 Å². The summed E-state index contributed by atoms with van der Waals surface area (Å²) in [6.45, 7) is 0. The topological polar surface area (TPSA) is 53.0 Å². The minimum absolute atomic E-state index is 0. The fraction of sp³-hybridized carbons (Fsp3) is 0.185. The Labute approximate surface area is 221 Å². The number of methoxy groups -OCH3 is 1. The SMILES string of the molecule is Br.COc1ccc(-c2csc(NN=C(c3ccc(N(C)C)cc3)c3ccc(N(C)C)cc3)n2)cc1. The summed E-state index contributed by atoms with van der Waals surface area (Å²) in [5.74, 6) is 0.826. The van der Waals surface area contributed by atoms with Crippen LogP contribution in [0, 0.1) is 0 Å². The third kappa shape index (κ3) is 6.41. The molecule has 182 valence electrons. The van der Waals surface area contributed by atoms with Gasteiger partial charge in [-0.15, -0.1) is 28.3 Å². The van der Waals surface area contributed by atoms with Gasteiger partial charge in [-0.2, -0.15) is 5.10 Å². The number of thiazole rings is 1. The summed E-state index contributed by atoms with van der Waals surface area (Å²) < 4.78 is 5.25. The Bertz CT molecular complexity index is 1200. The van der Waals surface area contributed by atoms with E-state index in [4.69, 9.17) is 14.8 Å². The van der Waals surface area contributed by atoms with E-state index in [9.17, 15) is 0 Å². The summed E-state index contributed by atoms with van der Waals surface area (Å²) in [5, 5.41) is 7.54. The van der Waals surface area contributed by atoms with E-state index in [2.05, 4.69) is 63.8 Å². The summed E-state index contributed by atoms with van der Waals surface area (Å²) in [7, 11) is 9.81. The summed E-state index contributed by atoms with van der Waals surface area (Å²) >= 11 is 1.53. The molecule has 0 aliphatic heterocycles. The number of nitrogens with zero attached hydrogens (tertiary/aromatic N) is 4. The molecule has 1 N–H and O–H groups in total. The lowest BCUT2D eigenvalue weighted by molar-refractivity contribution is 0.415. The molecule has 0 spiro atoms. The molecule has 4 rings (SSSR count). The number of aromatic nitrogens is 1. The molecule has 0 saturated carbocycles. The van der Waals surface area contributed by atoms with Gasteiger partial charge in [-0.3, -0.25) is 5.43 Å². The van der Waals surface area contributed by atoms with Crippen LogP contribution in [-0.4, -0.2) is 46.0 Å². The normalized spacial score (nSPS) is 10.2. The zero-order valence-electron chi connectivity index (χ0n) is 20.5. The molecule has 0 bridgehead atoms. The first-order valence-corrected chi connectivity index (χ1v) is 11.8. The molecular formula is C27H30BrN5OS. The Balaban J connectivity index is 0.00000342. The van der Waals surface area contributed by atoms with Crippen molar-refractivity contribution in [3.05, 3.63) is 89.3 Å². The van der Waals surface area contributed by atoms with E-state index >= 15 is 0 Å². The van der Waals surface area contributed by atoms with Crippen molar-refractivity contribution in [2.24, 2.45) is 5.10 Å². The fourth-order valence-electron chi connectivity index (χ4n) is 3.45. The van der Waals surface area contributed by atoms with Crippen molar-refractivity contribution in [3.8, 4) is 17.0 Å². The standard InChI is InChI=1S/C27H29N5OS.BrH/c1-31(2)22-12-6-20(7-13-22)26(21-8-14-23(15-9-21)32(3)4)29-30-27-28-25(18-34-27)19-10-16-24(33-5)17-11-19;/h6-18H,1-5H3,(H,28,30);1H. The van der Waals surface area contributed by atoms with Crippen LogP contribution in [0.4, 0.5) is 16.5 Å². The monoisotopic (exact) mass is 551 g/mol. The van der Waals surface area contributed by atoms with E-state index in [-0.39, 0.29) is 17.0 Å². The number of hydrogen-bond acceptors (Lipinski definition) is 7. The first kappa shape index (κ1) is 26.2. The summed E-state index contributed by atoms with van der Waals surface area (Å²) in [6, 6.07) is 24.7. The van der Waals surface area contributed by atoms with Crippen molar-refractivity contribution in [2.45, 2.75) is 0 Å². The van der Waals surface area contributed by atoms with Crippen molar-refractivity contribution in [1.29, 1.82) is 0 Å². The lowest BCUT2D eigenvalue weighted by Gasteiger charge is -2.15. The molecule has 4 aromatic rings. The smallest absolute Gasteiger partial charge is 0.203 e. The molecule has 1 heterocycles. The van der Waals surface area contributed by atoms with Crippen LogP contribution < -0.4 is 20.0 Å². The summed E-state index contributed by atoms with van der Waals surface area (Å²) in [6.07, 6.45) is 0. The van der Waals surface area contributed by atoms with Crippen LogP contribution in [0.3, 0.4) is 0 Å². The first-order valence-electron chi connectivity index (χ1n) is 10.9. The van der Waals surface area contributed by atoms with Crippen LogP contribution >= 0.6 is 28.3 Å². The van der Waals surface area contributed by atoms with E-state index in [1.165, 1.54) is 11.3 Å². The lowest BCUT2D eigenvalue weighted by Crippen LogP contribution is -2.11. The number of halogens is 1. The largest absolute Gasteiger partial charge is 0.497 e. The molecule has 0 aliphatic rings. The van der Waals surface area contributed by atoms with Crippen LogP contribution in [-0.2, 0) is 0 Å². The first-order chi connectivity index (χ1) is 16.4. The van der Waals surface area contributed by atoms with E-state index in [1.54, 1.807) is 7.11 Å². The van der Waals surface area contributed by atoms with Gasteiger partial charge in [0.2, 0.25) is 5.13 Å². The second-order valence-electron chi connectivity index (χ2n) is 8.22. The van der Waals surface area contributed by atoms with Gasteiger partial charge in [0.15, 0.2) is 0 Å². The Morgan fingerprint density at radius 3 is 1.77 bits per heavy atom.